The molecule has 1 heterocycles. The number of ether oxygens (including phenoxy) is 1. The molecule has 0 saturated heterocycles. The zero-order valence-electron chi connectivity index (χ0n) is 11.4. The van der Waals surface area contributed by atoms with Crippen molar-refractivity contribution in [2.75, 3.05) is 13.2 Å². The minimum atomic E-state index is -0.411. The number of rotatable bonds is 5. The molecule has 0 bridgehead atoms. The van der Waals surface area contributed by atoms with Gasteiger partial charge >= 0.3 is 5.97 Å². The van der Waals surface area contributed by atoms with E-state index in [0.29, 0.717) is 13.2 Å². The Kier molecular flexibility index (Phi) is 5.40. The summed E-state index contributed by atoms with van der Waals surface area (Å²) >= 11 is 1.70. The highest BCUT2D eigenvalue weighted by molar-refractivity contribution is 7.09. The van der Waals surface area contributed by atoms with Gasteiger partial charge in [0, 0.05) is 17.8 Å². The van der Waals surface area contributed by atoms with Gasteiger partial charge in [0.05, 0.1) is 12.0 Å². The van der Waals surface area contributed by atoms with E-state index in [1.165, 1.54) is 17.7 Å². The summed E-state index contributed by atoms with van der Waals surface area (Å²) in [4.78, 5) is 13.6. The zero-order valence-corrected chi connectivity index (χ0v) is 12.2. The van der Waals surface area contributed by atoms with Crippen LogP contribution in [0.15, 0.2) is 17.5 Å². The summed E-state index contributed by atoms with van der Waals surface area (Å²) in [5, 5.41) is 2.05. The van der Waals surface area contributed by atoms with Crippen LogP contribution in [-0.2, 0) is 16.0 Å². The Hall–Kier alpha value is -0.870. The van der Waals surface area contributed by atoms with Crippen LogP contribution >= 0.6 is 11.3 Å². The summed E-state index contributed by atoms with van der Waals surface area (Å²) in [6.07, 6.45) is 7.20. The minimum absolute atomic E-state index is 0.0755. The number of hydrogen-bond acceptors (Lipinski definition) is 4. The molecule has 1 aliphatic rings. The van der Waals surface area contributed by atoms with Crippen LogP contribution in [-0.4, -0.2) is 19.1 Å². The fourth-order valence-electron chi connectivity index (χ4n) is 2.75. The second kappa shape index (κ2) is 7.06. The monoisotopic (exact) mass is 281 g/mol. The largest absolute Gasteiger partial charge is 0.465 e. The van der Waals surface area contributed by atoms with E-state index >= 15 is 0 Å². The van der Waals surface area contributed by atoms with E-state index in [2.05, 4.69) is 6.07 Å². The molecular formula is C15H23NO2S. The van der Waals surface area contributed by atoms with Crippen LogP contribution in [0.4, 0.5) is 0 Å². The molecule has 2 rings (SSSR count). The predicted molar refractivity (Wildman–Crippen MR) is 78.2 cm³/mol. The van der Waals surface area contributed by atoms with Crippen LogP contribution in [0.3, 0.4) is 0 Å². The number of hydrogen-bond donors (Lipinski definition) is 1. The maximum absolute atomic E-state index is 12.3. The number of carbonyl (C=O) groups excluding carboxylic acids is 1. The van der Waals surface area contributed by atoms with Crippen LogP contribution < -0.4 is 5.73 Å². The van der Waals surface area contributed by atoms with Gasteiger partial charge in [0.25, 0.3) is 0 Å². The lowest BCUT2D eigenvalue weighted by Gasteiger charge is -2.28. The summed E-state index contributed by atoms with van der Waals surface area (Å²) in [5.41, 5.74) is 5.47. The van der Waals surface area contributed by atoms with Gasteiger partial charge in [-0.1, -0.05) is 31.7 Å². The van der Waals surface area contributed by atoms with Gasteiger partial charge in [-0.05, 0) is 24.3 Å². The van der Waals surface area contributed by atoms with Gasteiger partial charge in [0.1, 0.15) is 0 Å². The predicted octanol–water partition coefficient (Wildman–Crippen LogP) is 3.13. The second-order valence-corrected chi connectivity index (χ2v) is 6.40. The Bertz CT molecular complexity index is 381. The number of thiophene rings is 1. The molecule has 0 spiro atoms. The highest BCUT2D eigenvalue weighted by Crippen LogP contribution is 2.35. The van der Waals surface area contributed by atoms with Crippen LogP contribution in [0.1, 0.15) is 43.4 Å². The van der Waals surface area contributed by atoms with E-state index in [0.717, 1.165) is 32.1 Å². The summed E-state index contributed by atoms with van der Waals surface area (Å²) in [5.74, 6) is -0.0755. The Morgan fingerprint density at radius 3 is 2.63 bits per heavy atom. The molecule has 3 nitrogen and oxygen atoms in total. The number of esters is 1. The first-order chi connectivity index (χ1) is 9.27. The van der Waals surface area contributed by atoms with Gasteiger partial charge in [0.15, 0.2) is 0 Å². The van der Waals surface area contributed by atoms with Crippen LogP contribution in [0.2, 0.25) is 0 Å². The van der Waals surface area contributed by atoms with E-state index in [9.17, 15) is 4.79 Å². The summed E-state index contributed by atoms with van der Waals surface area (Å²) in [7, 11) is 0. The van der Waals surface area contributed by atoms with E-state index < -0.39 is 5.41 Å². The van der Waals surface area contributed by atoms with E-state index in [-0.39, 0.29) is 5.97 Å². The molecule has 0 aliphatic heterocycles. The molecule has 0 unspecified atom stereocenters. The average molecular weight is 281 g/mol. The fourth-order valence-corrected chi connectivity index (χ4v) is 3.44. The van der Waals surface area contributed by atoms with Crippen molar-refractivity contribution in [2.24, 2.45) is 11.1 Å². The van der Waals surface area contributed by atoms with Crippen molar-refractivity contribution in [2.45, 2.75) is 44.9 Å². The molecule has 2 N–H and O–H groups in total. The van der Waals surface area contributed by atoms with Crippen molar-refractivity contribution in [1.82, 2.24) is 0 Å². The van der Waals surface area contributed by atoms with Crippen molar-refractivity contribution in [3.05, 3.63) is 22.4 Å². The number of carbonyl (C=O) groups is 1. The van der Waals surface area contributed by atoms with Gasteiger partial charge in [-0.3, -0.25) is 4.79 Å². The topological polar surface area (TPSA) is 52.3 Å². The number of nitrogens with two attached hydrogens (primary N) is 1. The first-order valence-corrected chi connectivity index (χ1v) is 8.04. The van der Waals surface area contributed by atoms with E-state index in [1.807, 2.05) is 11.4 Å². The third-order valence-electron chi connectivity index (χ3n) is 4.05. The highest BCUT2D eigenvalue weighted by atomic mass is 32.1. The Morgan fingerprint density at radius 2 is 2.05 bits per heavy atom. The summed E-state index contributed by atoms with van der Waals surface area (Å²) < 4.78 is 5.49. The summed E-state index contributed by atoms with van der Waals surface area (Å²) in [6, 6.07) is 4.09. The van der Waals surface area contributed by atoms with Crippen LogP contribution in [0.25, 0.3) is 0 Å². The maximum atomic E-state index is 12.3. The molecule has 0 radical (unpaired) electrons. The Labute approximate surface area is 119 Å². The SMILES string of the molecule is NCC1(C(=O)OCCc2cccs2)CCCCCC1. The zero-order chi connectivity index (χ0) is 13.6. The Morgan fingerprint density at radius 1 is 1.32 bits per heavy atom. The van der Waals surface area contributed by atoms with Gasteiger partial charge in [0.2, 0.25) is 0 Å². The second-order valence-electron chi connectivity index (χ2n) is 5.36. The molecule has 4 heteroatoms. The molecule has 0 amide bonds. The van der Waals surface area contributed by atoms with Crippen molar-refractivity contribution in [3.8, 4) is 0 Å². The smallest absolute Gasteiger partial charge is 0.313 e. The molecule has 106 valence electrons. The van der Waals surface area contributed by atoms with Crippen molar-refractivity contribution in [3.63, 3.8) is 0 Å². The third kappa shape index (κ3) is 3.80. The van der Waals surface area contributed by atoms with Gasteiger partial charge in [-0.25, -0.2) is 0 Å². The molecule has 1 aromatic heterocycles. The molecule has 1 aliphatic carbocycles. The summed E-state index contributed by atoms with van der Waals surface area (Å²) in [6.45, 7) is 0.895. The highest BCUT2D eigenvalue weighted by Gasteiger charge is 2.38. The van der Waals surface area contributed by atoms with Crippen molar-refractivity contribution >= 4 is 17.3 Å². The lowest BCUT2D eigenvalue weighted by molar-refractivity contribution is -0.156. The molecular weight excluding hydrogens is 258 g/mol. The Balaban J connectivity index is 1.85. The average Bonchev–Trinajstić information content (AvgIpc) is 2.82. The fraction of sp³-hybridized carbons (Fsp3) is 0.667. The first kappa shape index (κ1) is 14.5. The molecule has 0 atom stereocenters. The minimum Gasteiger partial charge on any atom is -0.465 e. The maximum Gasteiger partial charge on any atom is 0.313 e. The quantitative estimate of drug-likeness (QED) is 0.666. The third-order valence-corrected chi connectivity index (χ3v) is 4.98. The molecule has 19 heavy (non-hydrogen) atoms. The molecule has 1 fully saturated rings. The lowest BCUT2D eigenvalue weighted by Crippen LogP contribution is -2.39. The molecule has 0 aromatic carbocycles. The van der Waals surface area contributed by atoms with Crippen LogP contribution in [0, 0.1) is 5.41 Å². The standard InChI is InChI=1S/C15H23NO2S/c16-12-15(8-3-1-2-4-9-15)14(17)18-10-7-13-6-5-11-19-13/h5-6,11H,1-4,7-10,12,16H2. The van der Waals surface area contributed by atoms with E-state index in [1.54, 1.807) is 11.3 Å². The lowest BCUT2D eigenvalue weighted by atomic mass is 9.80. The van der Waals surface area contributed by atoms with Gasteiger partial charge in [-0.15, -0.1) is 11.3 Å². The van der Waals surface area contributed by atoms with Gasteiger partial charge < -0.3 is 10.5 Å². The van der Waals surface area contributed by atoms with Gasteiger partial charge in [-0.2, -0.15) is 0 Å². The van der Waals surface area contributed by atoms with Crippen molar-refractivity contribution in [1.29, 1.82) is 0 Å². The van der Waals surface area contributed by atoms with Crippen molar-refractivity contribution < 1.29 is 9.53 Å². The first-order valence-electron chi connectivity index (χ1n) is 7.16. The van der Waals surface area contributed by atoms with E-state index in [4.69, 9.17) is 10.5 Å². The normalized spacial score (nSPS) is 18.8. The molecule has 1 aromatic rings. The molecule has 1 saturated carbocycles. The van der Waals surface area contributed by atoms with Crippen LogP contribution in [0.5, 0.6) is 0 Å².